The molecule has 0 saturated heterocycles. The topological polar surface area (TPSA) is 64.6 Å². The van der Waals surface area contributed by atoms with Crippen LogP contribution in [0.25, 0.3) is 0 Å². The lowest BCUT2D eigenvalue weighted by Gasteiger charge is -2.14. The number of amides is 1. The highest BCUT2D eigenvalue weighted by Gasteiger charge is 2.32. The first kappa shape index (κ1) is 14.8. The van der Waals surface area contributed by atoms with E-state index in [9.17, 15) is 22.8 Å². The van der Waals surface area contributed by atoms with Crippen LogP contribution in [0.1, 0.15) is 17.3 Å². The summed E-state index contributed by atoms with van der Waals surface area (Å²) >= 11 is 0. The Kier molecular flexibility index (Phi) is 4.36. The summed E-state index contributed by atoms with van der Waals surface area (Å²) in [6, 6.07) is 3.05. The second kappa shape index (κ2) is 5.59. The summed E-state index contributed by atoms with van der Waals surface area (Å²) in [5, 5.41) is 2.14. The molecule has 0 radical (unpaired) electrons. The van der Waals surface area contributed by atoms with Crippen LogP contribution in [0.15, 0.2) is 18.2 Å². The normalized spacial score (nSPS) is 10.8. The molecule has 5 nitrogen and oxygen atoms in total. The van der Waals surface area contributed by atoms with Crippen molar-refractivity contribution in [1.82, 2.24) is 0 Å². The van der Waals surface area contributed by atoms with Crippen LogP contribution in [-0.2, 0) is 9.53 Å². The van der Waals surface area contributed by atoms with Crippen molar-refractivity contribution in [3.63, 3.8) is 0 Å². The highest BCUT2D eigenvalue weighted by atomic mass is 19.4. The van der Waals surface area contributed by atoms with Crippen LogP contribution in [-0.4, -0.2) is 25.3 Å². The average molecular weight is 277 g/mol. The van der Waals surface area contributed by atoms with E-state index in [1.165, 1.54) is 0 Å². The lowest BCUT2D eigenvalue weighted by atomic mass is 10.2. The van der Waals surface area contributed by atoms with Crippen molar-refractivity contribution < 1.29 is 32.2 Å². The van der Waals surface area contributed by atoms with Crippen molar-refractivity contribution in [2.75, 3.05) is 12.4 Å². The van der Waals surface area contributed by atoms with Gasteiger partial charge in [-0.2, -0.15) is 0 Å². The molecule has 104 valence electrons. The fourth-order valence-corrected chi connectivity index (χ4v) is 1.28. The quantitative estimate of drug-likeness (QED) is 0.861. The lowest BCUT2D eigenvalue weighted by Crippen LogP contribution is -2.19. The molecule has 8 heteroatoms. The number of carbonyl (C=O) groups is 2. The molecule has 19 heavy (non-hydrogen) atoms. The minimum Gasteiger partial charge on any atom is -0.465 e. The van der Waals surface area contributed by atoms with Crippen molar-refractivity contribution in [2.24, 2.45) is 0 Å². The summed E-state index contributed by atoms with van der Waals surface area (Å²) in [6.07, 6.45) is -4.90. The summed E-state index contributed by atoms with van der Waals surface area (Å²) in [4.78, 5) is 22.2. The molecule has 0 aliphatic heterocycles. The third kappa shape index (κ3) is 4.49. The van der Waals surface area contributed by atoms with Crippen LogP contribution in [0.2, 0.25) is 0 Å². The molecule has 0 aliphatic rings. The monoisotopic (exact) mass is 277 g/mol. The van der Waals surface area contributed by atoms with Gasteiger partial charge in [0.1, 0.15) is 0 Å². The van der Waals surface area contributed by atoms with Crippen LogP contribution >= 0.6 is 0 Å². The summed E-state index contributed by atoms with van der Waals surface area (Å²) in [7, 11) is 1.13. The van der Waals surface area contributed by atoms with E-state index in [0.717, 1.165) is 32.2 Å². The minimum absolute atomic E-state index is 0.0132. The molecule has 0 bridgehead atoms. The molecule has 0 heterocycles. The minimum atomic E-state index is -4.90. The van der Waals surface area contributed by atoms with Gasteiger partial charge in [0.15, 0.2) is 5.75 Å². The van der Waals surface area contributed by atoms with Crippen LogP contribution in [0, 0.1) is 0 Å². The molecule has 0 atom stereocenters. The Balaban J connectivity index is 3.16. The molecule has 1 aromatic carbocycles. The van der Waals surface area contributed by atoms with Gasteiger partial charge in [-0.05, 0) is 18.2 Å². The van der Waals surface area contributed by atoms with Gasteiger partial charge in [-0.25, -0.2) is 4.79 Å². The first-order valence-corrected chi connectivity index (χ1v) is 4.98. The predicted molar refractivity (Wildman–Crippen MR) is 58.8 cm³/mol. The summed E-state index contributed by atoms with van der Waals surface area (Å²) < 4.78 is 44.6. The number of esters is 1. The number of rotatable bonds is 3. The summed E-state index contributed by atoms with van der Waals surface area (Å²) in [5.74, 6) is -1.96. The molecule has 0 spiro atoms. The molecule has 0 aromatic heterocycles. The maximum Gasteiger partial charge on any atom is 0.573 e. The summed E-state index contributed by atoms with van der Waals surface area (Å²) in [5.41, 5.74) is -0.284. The Hall–Kier alpha value is -2.25. The number of anilines is 1. The van der Waals surface area contributed by atoms with Crippen LogP contribution in [0.4, 0.5) is 18.9 Å². The van der Waals surface area contributed by atoms with E-state index in [-0.39, 0.29) is 11.3 Å². The third-order valence-electron chi connectivity index (χ3n) is 1.94. The molecule has 1 aromatic rings. The van der Waals surface area contributed by atoms with E-state index in [0.29, 0.717) is 0 Å². The Bertz CT molecular complexity index is 499. The number of methoxy groups -OCH3 is 1. The van der Waals surface area contributed by atoms with Crippen molar-refractivity contribution in [2.45, 2.75) is 13.3 Å². The highest BCUT2D eigenvalue weighted by molar-refractivity contribution is 5.95. The number of hydrogen-bond acceptors (Lipinski definition) is 4. The molecule has 1 amide bonds. The smallest absolute Gasteiger partial charge is 0.465 e. The fraction of sp³-hybridized carbons (Fsp3) is 0.273. The van der Waals surface area contributed by atoms with E-state index in [1.54, 1.807) is 0 Å². The van der Waals surface area contributed by atoms with E-state index in [4.69, 9.17) is 0 Å². The molecule has 0 fully saturated rings. The highest BCUT2D eigenvalue weighted by Crippen LogP contribution is 2.31. The molecule has 1 rings (SSSR count). The predicted octanol–water partition coefficient (Wildman–Crippen LogP) is 2.33. The van der Waals surface area contributed by atoms with E-state index in [2.05, 4.69) is 14.8 Å². The number of hydrogen-bond donors (Lipinski definition) is 1. The largest absolute Gasteiger partial charge is 0.573 e. The molecule has 0 aliphatic carbocycles. The van der Waals surface area contributed by atoms with Crippen LogP contribution in [0.5, 0.6) is 5.75 Å². The van der Waals surface area contributed by atoms with E-state index < -0.39 is 24.0 Å². The Labute approximate surface area is 106 Å². The summed E-state index contributed by atoms with van der Waals surface area (Å²) in [6.45, 7) is 1.11. The Morgan fingerprint density at radius 1 is 1.26 bits per heavy atom. The first-order chi connectivity index (χ1) is 8.73. The second-order valence-corrected chi connectivity index (χ2v) is 3.43. The zero-order valence-electron chi connectivity index (χ0n) is 10.00. The second-order valence-electron chi connectivity index (χ2n) is 3.43. The fourth-order valence-electron chi connectivity index (χ4n) is 1.28. The molecule has 0 saturated carbocycles. The molecular formula is C11H10F3NO4. The number of ether oxygens (including phenoxy) is 2. The van der Waals surface area contributed by atoms with Gasteiger partial charge in [0.2, 0.25) is 5.91 Å². The zero-order valence-corrected chi connectivity index (χ0v) is 10.00. The zero-order chi connectivity index (χ0) is 14.6. The standard InChI is InChI=1S/C11H10F3NO4/c1-6(16)15-8-5-7(10(17)18-2)3-4-9(8)19-11(12,13)14/h3-5H,1-2H3,(H,15,16). The average Bonchev–Trinajstić information content (AvgIpc) is 2.28. The van der Waals surface area contributed by atoms with Crippen LogP contribution in [0.3, 0.4) is 0 Å². The van der Waals surface area contributed by atoms with Crippen molar-refractivity contribution in [3.05, 3.63) is 23.8 Å². The van der Waals surface area contributed by atoms with Gasteiger partial charge in [-0.15, -0.1) is 13.2 Å². The molecule has 0 unspecified atom stereocenters. The lowest BCUT2D eigenvalue weighted by molar-refractivity contribution is -0.274. The van der Waals surface area contributed by atoms with E-state index in [1.807, 2.05) is 0 Å². The molecular weight excluding hydrogens is 267 g/mol. The number of nitrogens with one attached hydrogen (secondary N) is 1. The first-order valence-electron chi connectivity index (χ1n) is 4.98. The number of alkyl halides is 3. The van der Waals surface area contributed by atoms with Crippen molar-refractivity contribution >= 4 is 17.6 Å². The van der Waals surface area contributed by atoms with Gasteiger partial charge in [0, 0.05) is 6.92 Å². The third-order valence-corrected chi connectivity index (χ3v) is 1.94. The van der Waals surface area contributed by atoms with Gasteiger partial charge in [0.25, 0.3) is 0 Å². The van der Waals surface area contributed by atoms with E-state index >= 15 is 0 Å². The van der Waals surface area contributed by atoms with Crippen LogP contribution < -0.4 is 10.1 Å². The van der Waals surface area contributed by atoms with Gasteiger partial charge in [0.05, 0.1) is 18.4 Å². The maximum atomic E-state index is 12.2. The van der Waals surface area contributed by atoms with Gasteiger partial charge in [-0.1, -0.05) is 0 Å². The molecule has 1 N–H and O–H groups in total. The van der Waals surface area contributed by atoms with Gasteiger partial charge < -0.3 is 14.8 Å². The van der Waals surface area contributed by atoms with Gasteiger partial charge in [-0.3, -0.25) is 4.79 Å². The SMILES string of the molecule is COC(=O)c1ccc(OC(F)(F)F)c(NC(C)=O)c1. The van der Waals surface area contributed by atoms with Crippen molar-refractivity contribution in [3.8, 4) is 5.75 Å². The Morgan fingerprint density at radius 2 is 1.89 bits per heavy atom. The number of halogens is 3. The maximum absolute atomic E-state index is 12.2. The number of carbonyl (C=O) groups excluding carboxylic acids is 2. The van der Waals surface area contributed by atoms with Gasteiger partial charge >= 0.3 is 12.3 Å². The van der Waals surface area contributed by atoms with Crippen molar-refractivity contribution in [1.29, 1.82) is 0 Å². The Morgan fingerprint density at radius 3 is 2.37 bits per heavy atom. The number of benzene rings is 1.